The number of benzene rings is 2. The fourth-order valence-electron chi connectivity index (χ4n) is 3.14. The normalized spacial score (nSPS) is 13.7. The Bertz CT molecular complexity index is 1000. The highest BCUT2D eigenvalue weighted by molar-refractivity contribution is 7.90. The number of sulfone groups is 1. The summed E-state index contributed by atoms with van der Waals surface area (Å²) in [4.78, 5) is 24.2. The first-order chi connectivity index (χ1) is 12.8. The van der Waals surface area contributed by atoms with Gasteiger partial charge >= 0.3 is 0 Å². The molecule has 27 heavy (non-hydrogen) atoms. The summed E-state index contributed by atoms with van der Waals surface area (Å²) in [5.74, 6) is -0.151. The number of fused-ring (bicyclic) bond motifs is 1. The van der Waals surface area contributed by atoms with E-state index in [1.807, 2.05) is 24.3 Å². The molecule has 0 saturated heterocycles. The Labute approximate surface area is 156 Å². The molecule has 1 heterocycles. The number of carbonyl (C=O) groups is 1. The van der Waals surface area contributed by atoms with Gasteiger partial charge in [-0.2, -0.15) is 0 Å². The van der Waals surface area contributed by atoms with Gasteiger partial charge in [-0.25, -0.2) is 8.42 Å². The lowest BCUT2D eigenvalue weighted by atomic mass is 10.0. The lowest BCUT2D eigenvalue weighted by Crippen LogP contribution is -2.39. The van der Waals surface area contributed by atoms with Gasteiger partial charge < -0.3 is 10.2 Å². The van der Waals surface area contributed by atoms with Crippen LogP contribution < -0.4 is 10.2 Å². The van der Waals surface area contributed by atoms with E-state index in [1.165, 1.54) is 12.1 Å². The number of nitrogens with one attached hydrogen (secondary N) is 1. The molecule has 0 saturated carbocycles. The minimum absolute atomic E-state index is 0.0463. The molecule has 3 rings (SSSR count). The summed E-state index contributed by atoms with van der Waals surface area (Å²) in [6, 6.07) is 11.4. The topological polar surface area (TPSA) is 110 Å². The SMILES string of the molecule is CS(=O)(=O)c1cc(NCC(=O)N2CCCc3ccccc32)ccc1[N+](=O)[O-]. The van der Waals surface area contributed by atoms with E-state index in [0.29, 0.717) is 12.2 Å². The van der Waals surface area contributed by atoms with E-state index in [0.717, 1.165) is 36.4 Å². The molecular formula is C18H19N3O5S. The highest BCUT2D eigenvalue weighted by Gasteiger charge is 2.24. The van der Waals surface area contributed by atoms with E-state index in [2.05, 4.69) is 5.32 Å². The standard InChI is InChI=1S/C18H19N3O5S/c1-27(25,26)17-11-14(8-9-16(17)21(23)24)19-12-18(22)20-10-4-6-13-5-2-3-7-15(13)20/h2-3,5,7-9,11,19H,4,6,10,12H2,1H3. The second-order valence-corrected chi connectivity index (χ2v) is 8.33. The van der Waals surface area contributed by atoms with E-state index < -0.39 is 20.4 Å². The average molecular weight is 389 g/mol. The Hall–Kier alpha value is -2.94. The third kappa shape index (κ3) is 4.08. The van der Waals surface area contributed by atoms with Crippen LogP contribution in [-0.4, -0.2) is 38.6 Å². The number of para-hydroxylation sites is 1. The molecule has 0 unspecified atom stereocenters. The zero-order chi connectivity index (χ0) is 19.6. The first-order valence-corrected chi connectivity index (χ1v) is 10.3. The van der Waals surface area contributed by atoms with Gasteiger partial charge in [0.05, 0.1) is 11.5 Å². The molecule has 0 bridgehead atoms. The van der Waals surface area contributed by atoms with Crippen LogP contribution in [0.4, 0.5) is 17.1 Å². The Morgan fingerprint density at radius 3 is 2.70 bits per heavy atom. The maximum absolute atomic E-state index is 12.6. The van der Waals surface area contributed by atoms with Crippen LogP contribution in [0.25, 0.3) is 0 Å². The number of amides is 1. The summed E-state index contributed by atoms with van der Waals surface area (Å²) >= 11 is 0. The minimum atomic E-state index is -3.78. The monoisotopic (exact) mass is 389 g/mol. The lowest BCUT2D eigenvalue weighted by molar-refractivity contribution is -0.387. The van der Waals surface area contributed by atoms with Gasteiger partial charge in [-0.15, -0.1) is 0 Å². The highest BCUT2D eigenvalue weighted by atomic mass is 32.2. The van der Waals surface area contributed by atoms with Crippen LogP contribution >= 0.6 is 0 Å². The van der Waals surface area contributed by atoms with Crippen LogP contribution in [0.1, 0.15) is 12.0 Å². The quantitative estimate of drug-likeness (QED) is 0.621. The molecular weight excluding hydrogens is 370 g/mol. The van der Waals surface area contributed by atoms with Crippen molar-refractivity contribution in [1.82, 2.24) is 0 Å². The Kier molecular flexibility index (Phi) is 5.13. The van der Waals surface area contributed by atoms with Crippen molar-refractivity contribution in [2.75, 3.05) is 29.6 Å². The van der Waals surface area contributed by atoms with Crippen molar-refractivity contribution in [1.29, 1.82) is 0 Å². The van der Waals surface area contributed by atoms with Crippen LogP contribution in [0.15, 0.2) is 47.4 Å². The molecule has 0 atom stereocenters. The van der Waals surface area contributed by atoms with Gasteiger partial charge in [0, 0.05) is 30.2 Å². The number of nitrogens with zero attached hydrogens (tertiary/aromatic N) is 2. The molecule has 1 amide bonds. The maximum Gasteiger partial charge on any atom is 0.288 e. The highest BCUT2D eigenvalue weighted by Crippen LogP contribution is 2.28. The molecule has 0 radical (unpaired) electrons. The predicted octanol–water partition coefficient (Wildman–Crippen LogP) is 2.39. The molecule has 1 aliphatic rings. The first kappa shape index (κ1) is 18.8. The smallest absolute Gasteiger partial charge is 0.288 e. The first-order valence-electron chi connectivity index (χ1n) is 8.38. The fourth-order valence-corrected chi connectivity index (χ4v) is 4.00. The zero-order valence-electron chi connectivity index (χ0n) is 14.7. The van der Waals surface area contributed by atoms with E-state index in [-0.39, 0.29) is 17.3 Å². The Morgan fingerprint density at radius 1 is 1.26 bits per heavy atom. The third-order valence-electron chi connectivity index (χ3n) is 4.41. The number of anilines is 2. The number of hydrogen-bond donors (Lipinski definition) is 1. The van der Waals surface area contributed by atoms with Crippen molar-refractivity contribution in [2.45, 2.75) is 17.7 Å². The summed E-state index contributed by atoms with van der Waals surface area (Å²) in [6.45, 7) is 0.571. The van der Waals surface area contributed by atoms with Crippen molar-refractivity contribution in [3.8, 4) is 0 Å². The minimum Gasteiger partial charge on any atom is -0.376 e. The zero-order valence-corrected chi connectivity index (χ0v) is 15.5. The maximum atomic E-state index is 12.6. The van der Waals surface area contributed by atoms with Crippen molar-refractivity contribution in [3.05, 3.63) is 58.1 Å². The van der Waals surface area contributed by atoms with Gasteiger partial charge in [0.1, 0.15) is 4.90 Å². The average Bonchev–Trinajstić information content (AvgIpc) is 2.64. The van der Waals surface area contributed by atoms with Gasteiger partial charge in [-0.1, -0.05) is 18.2 Å². The van der Waals surface area contributed by atoms with Crippen LogP contribution in [0.3, 0.4) is 0 Å². The molecule has 0 spiro atoms. The van der Waals surface area contributed by atoms with Crippen molar-refractivity contribution in [2.24, 2.45) is 0 Å². The van der Waals surface area contributed by atoms with Crippen LogP contribution in [0.2, 0.25) is 0 Å². The van der Waals surface area contributed by atoms with Gasteiger partial charge in [0.15, 0.2) is 9.84 Å². The largest absolute Gasteiger partial charge is 0.376 e. The Morgan fingerprint density at radius 2 is 2.00 bits per heavy atom. The fraction of sp³-hybridized carbons (Fsp3) is 0.278. The third-order valence-corrected chi connectivity index (χ3v) is 5.54. The van der Waals surface area contributed by atoms with Gasteiger partial charge in [-0.3, -0.25) is 14.9 Å². The second kappa shape index (κ2) is 7.36. The van der Waals surface area contributed by atoms with Gasteiger partial charge in [-0.05, 0) is 36.6 Å². The van der Waals surface area contributed by atoms with Crippen LogP contribution in [0, 0.1) is 10.1 Å². The molecule has 0 aromatic heterocycles. The molecule has 142 valence electrons. The number of hydrogen-bond acceptors (Lipinski definition) is 6. The van der Waals surface area contributed by atoms with Crippen LogP contribution in [0.5, 0.6) is 0 Å². The van der Waals surface area contributed by atoms with Crippen molar-refractivity contribution < 1.29 is 18.1 Å². The van der Waals surface area contributed by atoms with E-state index >= 15 is 0 Å². The number of carbonyl (C=O) groups excluding carboxylic acids is 1. The summed E-state index contributed by atoms with van der Waals surface area (Å²) in [7, 11) is -3.78. The van der Waals surface area contributed by atoms with Crippen LogP contribution in [-0.2, 0) is 21.1 Å². The number of rotatable bonds is 5. The summed E-state index contributed by atoms with van der Waals surface area (Å²) in [5.41, 5.74) is 1.85. The molecule has 2 aromatic rings. The number of aryl methyl sites for hydroxylation is 1. The molecule has 8 nitrogen and oxygen atoms in total. The molecule has 0 aliphatic carbocycles. The molecule has 2 aromatic carbocycles. The van der Waals surface area contributed by atoms with Crippen molar-refractivity contribution in [3.63, 3.8) is 0 Å². The summed E-state index contributed by atoms with van der Waals surface area (Å²) < 4.78 is 23.7. The summed E-state index contributed by atoms with van der Waals surface area (Å²) in [6.07, 6.45) is 2.71. The molecule has 9 heteroatoms. The Balaban J connectivity index is 1.78. The molecule has 1 N–H and O–H groups in total. The van der Waals surface area contributed by atoms with Crippen molar-refractivity contribution >= 4 is 32.8 Å². The number of nitro groups is 1. The lowest BCUT2D eigenvalue weighted by Gasteiger charge is -2.29. The van der Waals surface area contributed by atoms with Gasteiger partial charge in [0.25, 0.3) is 5.69 Å². The summed E-state index contributed by atoms with van der Waals surface area (Å²) in [5, 5.41) is 13.9. The van der Waals surface area contributed by atoms with Gasteiger partial charge in [0.2, 0.25) is 5.91 Å². The molecule has 1 aliphatic heterocycles. The van der Waals surface area contributed by atoms with E-state index in [1.54, 1.807) is 4.90 Å². The van der Waals surface area contributed by atoms with E-state index in [9.17, 15) is 23.3 Å². The molecule has 0 fully saturated rings. The second-order valence-electron chi connectivity index (χ2n) is 6.34. The predicted molar refractivity (Wildman–Crippen MR) is 102 cm³/mol. The van der Waals surface area contributed by atoms with E-state index in [4.69, 9.17) is 0 Å². The number of nitro benzene ring substituents is 1.